The van der Waals surface area contributed by atoms with Gasteiger partial charge in [-0.3, -0.25) is 4.79 Å². The van der Waals surface area contributed by atoms with Crippen LogP contribution in [0.25, 0.3) is 0 Å². The summed E-state index contributed by atoms with van der Waals surface area (Å²) in [5.74, 6) is -1.85. The number of nitrogens with two attached hydrogens (primary N) is 1. The molecule has 2 aromatic rings. The van der Waals surface area contributed by atoms with E-state index in [1.165, 1.54) is 16.7 Å². The van der Waals surface area contributed by atoms with E-state index in [1.807, 2.05) is 0 Å². The quantitative estimate of drug-likeness (QED) is 0.730. The van der Waals surface area contributed by atoms with Crippen LogP contribution in [-0.4, -0.2) is 30.2 Å². The number of nitrogens with zero attached hydrogens (tertiary/aromatic N) is 1. The molecule has 2 rings (SSSR count). The molecule has 1 aromatic heterocycles. The molecule has 0 saturated carbocycles. The van der Waals surface area contributed by atoms with Gasteiger partial charge in [0.05, 0.1) is 10.7 Å². The van der Waals surface area contributed by atoms with Crippen LogP contribution in [0.2, 0.25) is 0 Å². The van der Waals surface area contributed by atoms with Gasteiger partial charge in [-0.1, -0.05) is 0 Å². The maximum atomic E-state index is 13.2. The maximum absolute atomic E-state index is 13.2. The number of ether oxygens (including phenoxy) is 1. The predicted octanol–water partition coefficient (Wildman–Crippen LogP) is 3.40. The van der Waals surface area contributed by atoms with Crippen LogP contribution < -0.4 is 15.8 Å². The third-order valence-electron chi connectivity index (χ3n) is 2.73. The van der Waals surface area contributed by atoms with Gasteiger partial charge in [0.2, 0.25) is 0 Å². The van der Waals surface area contributed by atoms with Crippen LogP contribution in [0.4, 0.5) is 23.2 Å². The number of halogens is 5. The van der Waals surface area contributed by atoms with E-state index in [9.17, 15) is 22.4 Å². The van der Waals surface area contributed by atoms with Crippen molar-refractivity contribution in [2.45, 2.75) is 12.6 Å². The summed E-state index contributed by atoms with van der Waals surface area (Å²) in [4.78, 5) is 16.2. The van der Waals surface area contributed by atoms with Gasteiger partial charge in [-0.2, -0.15) is 13.2 Å². The third kappa shape index (κ3) is 6.48. The second-order valence-electron chi connectivity index (χ2n) is 4.66. The minimum Gasteiger partial charge on any atom is -0.482 e. The molecule has 0 aliphatic rings. The monoisotopic (exact) mass is 399 g/mol. The molecule has 0 unspecified atom stereocenters. The van der Waals surface area contributed by atoms with Gasteiger partial charge in [0, 0.05) is 17.9 Å². The lowest BCUT2D eigenvalue weighted by Crippen LogP contribution is -2.20. The van der Waals surface area contributed by atoms with Crippen LogP contribution in [-0.2, 0) is 6.42 Å². The molecule has 0 spiro atoms. The standard InChI is InChI=1S/C14H13F4N3O2S.ClH/c15-8-1-2-9(11(5-8)23-7-14(16,17)18)21-13(22)10-6-24-12(20-10)3-4-19;/h1-2,5-6H,3-4,7,19H2,(H,21,22);1H. The lowest BCUT2D eigenvalue weighted by Gasteiger charge is -2.13. The SMILES string of the molecule is Cl.NCCc1nc(C(=O)Nc2ccc(F)cc2OCC(F)(F)F)cs1. The van der Waals surface area contributed by atoms with Crippen molar-refractivity contribution in [1.29, 1.82) is 0 Å². The van der Waals surface area contributed by atoms with Gasteiger partial charge in [0.25, 0.3) is 5.91 Å². The Labute approximate surface area is 150 Å². The molecule has 1 aromatic carbocycles. The summed E-state index contributed by atoms with van der Waals surface area (Å²) in [6.07, 6.45) is -4.08. The smallest absolute Gasteiger partial charge is 0.422 e. The van der Waals surface area contributed by atoms with Crippen molar-refractivity contribution in [2.75, 3.05) is 18.5 Å². The van der Waals surface area contributed by atoms with Crippen LogP contribution >= 0.6 is 23.7 Å². The molecule has 0 saturated heterocycles. The van der Waals surface area contributed by atoms with Crippen LogP contribution in [0, 0.1) is 5.82 Å². The van der Waals surface area contributed by atoms with Crippen molar-refractivity contribution in [3.05, 3.63) is 40.1 Å². The van der Waals surface area contributed by atoms with Crippen molar-refractivity contribution in [2.24, 2.45) is 5.73 Å². The van der Waals surface area contributed by atoms with Gasteiger partial charge in [-0.15, -0.1) is 23.7 Å². The van der Waals surface area contributed by atoms with Crippen LogP contribution in [0.1, 0.15) is 15.5 Å². The minimum absolute atomic E-state index is 0. The Bertz CT molecular complexity index is 724. The normalized spacial score (nSPS) is 10.9. The van der Waals surface area contributed by atoms with Crippen LogP contribution in [0.3, 0.4) is 0 Å². The van der Waals surface area contributed by atoms with Crippen LogP contribution in [0.5, 0.6) is 5.75 Å². The molecule has 1 heterocycles. The number of carbonyl (C=O) groups is 1. The van der Waals surface area contributed by atoms with Crippen molar-refractivity contribution < 1.29 is 27.1 Å². The first-order valence-electron chi connectivity index (χ1n) is 6.73. The largest absolute Gasteiger partial charge is 0.482 e. The molecule has 11 heteroatoms. The number of thiazole rings is 1. The molecular formula is C14H14ClF4N3O2S. The molecular weight excluding hydrogens is 386 g/mol. The first kappa shape index (κ1) is 21.1. The minimum atomic E-state index is -4.58. The second-order valence-corrected chi connectivity index (χ2v) is 5.61. The molecule has 0 atom stereocenters. The average molecular weight is 400 g/mol. The number of anilines is 1. The molecule has 25 heavy (non-hydrogen) atoms. The van der Waals surface area contributed by atoms with Crippen molar-refractivity contribution in [3.63, 3.8) is 0 Å². The number of amides is 1. The number of rotatable bonds is 6. The van der Waals surface area contributed by atoms with Gasteiger partial charge < -0.3 is 15.8 Å². The number of alkyl halides is 3. The Balaban J connectivity index is 0.00000312. The fourth-order valence-electron chi connectivity index (χ4n) is 1.72. The number of hydrogen-bond acceptors (Lipinski definition) is 5. The number of carbonyl (C=O) groups excluding carboxylic acids is 1. The third-order valence-corrected chi connectivity index (χ3v) is 3.63. The first-order chi connectivity index (χ1) is 11.3. The van der Waals surface area contributed by atoms with Crippen LogP contribution in [0.15, 0.2) is 23.6 Å². The zero-order valence-electron chi connectivity index (χ0n) is 12.6. The van der Waals surface area contributed by atoms with Gasteiger partial charge >= 0.3 is 6.18 Å². The molecule has 138 valence electrons. The summed E-state index contributed by atoms with van der Waals surface area (Å²) in [6.45, 7) is -1.22. The summed E-state index contributed by atoms with van der Waals surface area (Å²) < 4.78 is 54.5. The molecule has 0 radical (unpaired) electrons. The number of nitrogens with one attached hydrogen (secondary N) is 1. The van der Waals surface area contributed by atoms with E-state index in [1.54, 1.807) is 0 Å². The lowest BCUT2D eigenvalue weighted by molar-refractivity contribution is -0.153. The van der Waals surface area contributed by atoms with E-state index in [0.29, 0.717) is 18.0 Å². The van der Waals surface area contributed by atoms with Crippen molar-refractivity contribution in [3.8, 4) is 5.75 Å². The molecule has 5 nitrogen and oxygen atoms in total. The fraction of sp³-hybridized carbons (Fsp3) is 0.286. The summed E-state index contributed by atoms with van der Waals surface area (Å²) in [5.41, 5.74) is 5.40. The van der Waals surface area contributed by atoms with E-state index in [0.717, 1.165) is 18.2 Å². The van der Waals surface area contributed by atoms with E-state index < -0.39 is 30.3 Å². The Kier molecular flexibility index (Phi) is 7.59. The highest BCUT2D eigenvalue weighted by Gasteiger charge is 2.29. The van der Waals surface area contributed by atoms with E-state index in [-0.39, 0.29) is 23.8 Å². The van der Waals surface area contributed by atoms with E-state index >= 15 is 0 Å². The lowest BCUT2D eigenvalue weighted by atomic mass is 10.2. The zero-order chi connectivity index (χ0) is 17.7. The maximum Gasteiger partial charge on any atom is 0.422 e. The summed E-state index contributed by atoms with van der Waals surface area (Å²) in [6, 6.07) is 2.88. The highest BCUT2D eigenvalue weighted by atomic mass is 35.5. The number of hydrogen-bond donors (Lipinski definition) is 2. The van der Waals surface area contributed by atoms with Gasteiger partial charge in [-0.05, 0) is 18.7 Å². The second kappa shape index (κ2) is 8.97. The summed E-state index contributed by atoms with van der Waals surface area (Å²) in [7, 11) is 0. The first-order valence-corrected chi connectivity index (χ1v) is 7.61. The highest BCUT2D eigenvalue weighted by Crippen LogP contribution is 2.28. The highest BCUT2D eigenvalue weighted by molar-refractivity contribution is 7.09. The predicted molar refractivity (Wildman–Crippen MR) is 88.0 cm³/mol. The molecule has 3 N–H and O–H groups in total. The Hall–Kier alpha value is -1.91. The topological polar surface area (TPSA) is 77.2 Å². The number of benzene rings is 1. The zero-order valence-corrected chi connectivity index (χ0v) is 14.2. The van der Waals surface area contributed by atoms with Gasteiger partial charge in [0.15, 0.2) is 6.61 Å². The molecule has 0 aliphatic carbocycles. The Morgan fingerprint density at radius 1 is 1.36 bits per heavy atom. The Morgan fingerprint density at radius 2 is 2.08 bits per heavy atom. The summed E-state index contributed by atoms with van der Waals surface area (Å²) >= 11 is 1.24. The summed E-state index contributed by atoms with van der Waals surface area (Å²) in [5, 5.41) is 4.52. The molecule has 0 bridgehead atoms. The molecule has 1 amide bonds. The van der Waals surface area contributed by atoms with E-state index in [2.05, 4.69) is 15.0 Å². The fourth-order valence-corrected chi connectivity index (χ4v) is 2.51. The Morgan fingerprint density at radius 3 is 2.72 bits per heavy atom. The van der Waals surface area contributed by atoms with Crippen molar-refractivity contribution >= 4 is 35.3 Å². The van der Waals surface area contributed by atoms with Gasteiger partial charge in [0.1, 0.15) is 17.3 Å². The molecule has 0 fully saturated rings. The van der Waals surface area contributed by atoms with Gasteiger partial charge in [-0.25, -0.2) is 9.37 Å². The molecule has 0 aliphatic heterocycles. The average Bonchev–Trinajstić information content (AvgIpc) is 2.96. The van der Waals surface area contributed by atoms with E-state index in [4.69, 9.17) is 5.73 Å². The number of aromatic nitrogens is 1. The van der Waals surface area contributed by atoms with Crippen molar-refractivity contribution in [1.82, 2.24) is 4.98 Å².